The average Bonchev–Trinajstić information content (AvgIpc) is 2.38. The van der Waals surface area contributed by atoms with Crippen molar-refractivity contribution >= 4 is 23.2 Å². The van der Waals surface area contributed by atoms with E-state index >= 15 is 0 Å². The molecule has 0 aliphatic carbocycles. The van der Waals surface area contributed by atoms with E-state index in [1.165, 1.54) is 18.2 Å². The van der Waals surface area contributed by atoms with Crippen LogP contribution in [0.5, 0.6) is 0 Å². The monoisotopic (exact) mass is 291 g/mol. The number of halogens is 2. The van der Waals surface area contributed by atoms with Gasteiger partial charge in [-0.05, 0) is 35.7 Å². The van der Waals surface area contributed by atoms with Crippen LogP contribution in [0.1, 0.15) is 35.7 Å². The Morgan fingerprint density at radius 1 is 1.20 bits per heavy atom. The smallest absolute Gasteiger partial charge is 0.260 e. The quantitative estimate of drug-likeness (QED) is 0.860. The van der Waals surface area contributed by atoms with Crippen LogP contribution in [-0.2, 0) is 0 Å². The zero-order valence-corrected chi connectivity index (χ0v) is 12.0. The Labute approximate surface area is 122 Å². The fourth-order valence-electron chi connectivity index (χ4n) is 1.88. The predicted octanol–water partition coefficient (Wildman–Crippen LogP) is 4.85. The molecule has 4 heteroatoms. The number of carbonyl (C=O) groups is 1. The molecule has 0 atom stereocenters. The Morgan fingerprint density at radius 2 is 1.90 bits per heavy atom. The maximum Gasteiger partial charge on any atom is 0.260 e. The van der Waals surface area contributed by atoms with Gasteiger partial charge < -0.3 is 5.32 Å². The Hall–Kier alpha value is -1.87. The molecule has 2 aromatic rings. The lowest BCUT2D eigenvalue weighted by atomic mass is 10.0. The van der Waals surface area contributed by atoms with Crippen molar-refractivity contribution in [1.29, 1.82) is 0 Å². The molecule has 1 amide bonds. The molecule has 0 radical (unpaired) electrons. The van der Waals surface area contributed by atoms with Crippen molar-refractivity contribution in [3.05, 3.63) is 64.4 Å². The lowest BCUT2D eigenvalue weighted by Gasteiger charge is -2.10. The summed E-state index contributed by atoms with van der Waals surface area (Å²) < 4.78 is 13.7. The van der Waals surface area contributed by atoms with Crippen LogP contribution < -0.4 is 5.32 Å². The fraction of sp³-hybridized carbons (Fsp3) is 0.188. The molecule has 0 bridgehead atoms. The summed E-state index contributed by atoms with van der Waals surface area (Å²) in [5.41, 5.74) is 1.59. The van der Waals surface area contributed by atoms with Crippen molar-refractivity contribution in [2.24, 2.45) is 0 Å². The van der Waals surface area contributed by atoms with Crippen molar-refractivity contribution in [3.63, 3.8) is 0 Å². The highest BCUT2D eigenvalue weighted by Crippen LogP contribution is 2.22. The van der Waals surface area contributed by atoms with Crippen LogP contribution in [0.2, 0.25) is 5.02 Å². The molecule has 0 unspecified atom stereocenters. The highest BCUT2D eigenvalue weighted by Gasteiger charge is 2.16. The van der Waals surface area contributed by atoms with Crippen molar-refractivity contribution in [2.45, 2.75) is 19.8 Å². The van der Waals surface area contributed by atoms with Gasteiger partial charge in [-0.2, -0.15) is 0 Å². The number of amides is 1. The van der Waals surface area contributed by atoms with E-state index in [1.54, 1.807) is 6.07 Å². The summed E-state index contributed by atoms with van der Waals surface area (Å²) in [7, 11) is 0. The van der Waals surface area contributed by atoms with Crippen molar-refractivity contribution in [2.75, 3.05) is 5.32 Å². The minimum absolute atomic E-state index is 0.0996. The van der Waals surface area contributed by atoms with Crippen LogP contribution in [0.4, 0.5) is 10.1 Å². The molecule has 0 aliphatic rings. The predicted molar refractivity (Wildman–Crippen MR) is 79.9 cm³/mol. The van der Waals surface area contributed by atoms with Crippen LogP contribution in [-0.4, -0.2) is 5.91 Å². The first-order valence-electron chi connectivity index (χ1n) is 6.34. The standard InChI is InChI=1S/C16H15ClFNO/c1-10(2)11-5-3-6-12(9-11)19-16(20)15-13(17)7-4-8-14(15)18/h3-10H,1-2H3,(H,19,20). The van der Waals surface area contributed by atoms with E-state index in [4.69, 9.17) is 11.6 Å². The molecule has 2 rings (SSSR count). The summed E-state index contributed by atoms with van der Waals surface area (Å²) in [5, 5.41) is 2.77. The van der Waals surface area contributed by atoms with E-state index in [2.05, 4.69) is 19.2 Å². The van der Waals surface area contributed by atoms with Crippen molar-refractivity contribution in [1.82, 2.24) is 0 Å². The SMILES string of the molecule is CC(C)c1cccc(NC(=O)c2c(F)cccc2Cl)c1. The molecule has 0 heterocycles. The second-order valence-corrected chi connectivity index (χ2v) is 5.24. The van der Waals surface area contributed by atoms with Gasteiger partial charge in [-0.3, -0.25) is 4.79 Å². The summed E-state index contributed by atoms with van der Waals surface area (Å²) in [4.78, 5) is 12.1. The molecule has 0 aliphatic heterocycles. The Morgan fingerprint density at radius 3 is 2.55 bits per heavy atom. The zero-order valence-electron chi connectivity index (χ0n) is 11.3. The van der Waals surface area contributed by atoms with Gasteiger partial charge in [0.15, 0.2) is 0 Å². The number of rotatable bonds is 3. The van der Waals surface area contributed by atoms with Gasteiger partial charge in [0.05, 0.1) is 10.6 Å². The van der Waals surface area contributed by atoms with Gasteiger partial charge in [-0.1, -0.05) is 43.6 Å². The molecular formula is C16H15ClFNO. The van der Waals surface area contributed by atoms with Crippen molar-refractivity contribution < 1.29 is 9.18 Å². The molecule has 0 spiro atoms. The Balaban J connectivity index is 2.26. The van der Waals surface area contributed by atoms with Gasteiger partial charge in [-0.25, -0.2) is 4.39 Å². The Kier molecular flexibility index (Phi) is 4.40. The van der Waals surface area contributed by atoms with Crippen LogP contribution in [0.25, 0.3) is 0 Å². The topological polar surface area (TPSA) is 29.1 Å². The maximum atomic E-state index is 13.7. The van der Waals surface area contributed by atoms with E-state index in [0.717, 1.165) is 5.56 Å². The molecular weight excluding hydrogens is 277 g/mol. The van der Waals surface area contributed by atoms with Crippen LogP contribution >= 0.6 is 11.6 Å². The van der Waals surface area contributed by atoms with E-state index in [0.29, 0.717) is 11.6 Å². The number of carbonyl (C=O) groups excluding carboxylic acids is 1. The third kappa shape index (κ3) is 3.17. The second-order valence-electron chi connectivity index (χ2n) is 4.83. The molecule has 1 N–H and O–H groups in total. The first kappa shape index (κ1) is 14.5. The fourth-order valence-corrected chi connectivity index (χ4v) is 2.13. The molecule has 20 heavy (non-hydrogen) atoms. The second kappa shape index (κ2) is 6.06. The van der Waals surface area contributed by atoms with Gasteiger partial charge >= 0.3 is 0 Å². The summed E-state index contributed by atoms with van der Waals surface area (Å²) in [6.45, 7) is 4.13. The maximum absolute atomic E-state index is 13.7. The van der Waals surface area contributed by atoms with Crippen LogP contribution in [0, 0.1) is 5.82 Å². The third-order valence-corrected chi connectivity index (χ3v) is 3.32. The molecule has 2 nitrogen and oxygen atoms in total. The van der Waals surface area contributed by atoms with E-state index in [-0.39, 0.29) is 10.6 Å². The highest BCUT2D eigenvalue weighted by atomic mass is 35.5. The van der Waals surface area contributed by atoms with Gasteiger partial charge in [0.25, 0.3) is 5.91 Å². The molecule has 104 valence electrons. The summed E-state index contributed by atoms with van der Waals surface area (Å²) >= 11 is 5.87. The van der Waals surface area contributed by atoms with Gasteiger partial charge in [0.1, 0.15) is 5.82 Å². The normalized spacial score (nSPS) is 10.7. The third-order valence-electron chi connectivity index (χ3n) is 3.00. The molecule has 0 saturated carbocycles. The van der Waals surface area contributed by atoms with Crippen LogP contribution in [0.15, 0.2) is 42.5 Å². The number of nitrogens with one attached hydrogen (secondary N) is 1. The van der Waals surface area contributed by atoms with Crippen molar-refractivity contribution in [3.8, 4) is 0 Å². The van der Waals surface area contributed by atoms with Gasteiger partial charge in [-0.15, -0.1) is 0 Å². The summed E-state index contributed by atoms with van der Waals surface area (Å²) in [5.74, 6) is -0.826. The first-order valence-corrected chi connectivity index (χ1v) is 6.72. The van der Waals surface area contributed by atoms with Gasteiger partial charge in [0, 0.05) is 5.69 Å². The minimum atomic E-state index is -0.630. The number of hydrogen-bond donors (Lipinski definition) is 1. The van der Waals surface area contributed by atoms with E-state index < -0.39 is 11.7 Å². The largest absolute Gasteiger partial charge is 0.322 e. The lowest BCUT2D eigenvalue weighted by molar-refractivity contribution is 0.102. The van der Waals surface area contributed by atoms with Crippen LogP contribution in [0.3, 0.4) is 0 Å². The average molecular weight is 292 g/mol. The Bertz CT molecular complexity index is 620. The van der Waals surface area contributed by atoms with E-state index in [1.807, 2.05) is 18.2 Å². The number of benzene rings is 2. The molecule has 0 saturated heterocycles. The summed E-state index contributed by atoms with van der Waals surface area (Å²) in [6, 6.07) is 11.6. The summed E-state index contributed by atoms with van der Waals surface area (Å²) in [6.07, 6.45) is 0. The molecule has 0 aromatic heterocycles. The first-order chi connectivity index (χ1) is 9.49. The lowest BCUT2D eigenvalue weighted by Crippen LogP contribution is -2.14. The zero-order chi connectivity index (χ0) is 14.7. The van der Waals surface area contributed by atoms with E-state index in [9.17, 15) is 9.18 Å². The highest BCUT2D eigenvalue weighted by molar-refractivity contribution is 6.34. The number of anilines is 1. The molecule has 2 aromatic carbocycles. The van der Waals surface area contributed by atoms with Gasteiger partial charge in [0.2, 0.25) is 0 Å². The molecule has 0 fully saturated rings. The minimum Gasteiger partial charge on any atom is -0.322 e. The number of hydrogen-bond acceptors (Lipinski definition) is 1.